The average Bonchev–Trinajstić information content (AvgIpc) is 2.50. The van der Waals surface area contributed by atoms with Crippen molar-refractivity contribution in [1.82, 2.24) is 0 Å². The zero-order valence-corrected chi connectivity index (χ0v) is 7.03. The van der Waals surface area contributed by atoms with Gasteiger partial charge in [0.05, 0.1) is 7.11 Å². The molecule has 1 aromatic rings. The molecular weight excluding hydrogens is 172 g/mol. The molecule has 1 aliphatic rings. The fourth-order valence-corrected chi connectivity index (χ4v) is 1.39. The largest absolute Gasteiger partial charge is 0.507 e. The van der Waals surface area contributed by atoms with E-state index < -0.39 is 5.97 Å². The third kappa shape index (κ3) is 1.02. The topological polar surface area (TPSA) is 55.8 Å². The number of esters is 1. The van der Waals surface area contributed by atoms with Crippen LogP contribution in [0.2, 0.25) is 0 Å². The average molecular weight is 180 g/mol. The minimum absolute atomic E-state index is 0.0571. The fourth-order valence-electron chi connectivity index (χ4n) is 1.39. The number of methoxy groups -OCH3 is 1. The first-order valence-electron chi connectivity index (χ1n) is 3.80. The van der Waals surface area contributed by atoms with Gasteiger partial charge in [0.2, 0.25) is 0 Å². The van der Waals surface area contributed by atoms with Crippen LogP contribution in [0.3, 0.4) is 0 Å². The van der Waals surface area contributed by atoms with Crippen LogP contribution in [-0.2, 0) is 11.3 Å². The van der Waals surface area contributed by atoms with E-state index in [-0.39, 0.29) is 17.9 Å². The normalized spacial score (nSPS) is 13.8. The highest BCUT2D eigenvalue weighted by Crippen LogP contribution is 2.34. The van der Waals surface area contributed by atoms with Crippen molar-refractivity contribution in [2.45, 2.75) is 6.61 Å². The van der Waals surface area contributed by atoms with Crippen molar-refractivity contribution < 1.29 is 19.4 Å². The summed E-state index contributed by atoms with van der Waals surface area (Å²) in [5.41, 5.74) is 0.840. The summed E-state index contributed by atoms with van der Waals surface area (Å²) < 4.78 is 9.78. The van der Waals surface area contributed by atoms with Crippen LogP contribution in [0.25, 0.3) is 0 Å². The minimum atomic E-state index is -0.494. The van der Waals surface area contributed by atoms with Crippen molar-refractivity contribution in [1.29, 1.82) is 0 Å². The molecule has 0 atom stereocenters. The number of fused-ring (bicyclic) bond motifs is 1. The third-order valence-electron chi connectivity index (χ3n) is 2.02. The third-order valence-corrected chi connectivity index (χ3v) is 2.02. The number of benzene rings is 1. The summed E-state index contributed by atoms with van der Waals surface area (Å²) >= 11 is 0. The molecular formula is C9H8O4. The number of phenols is 1. The predicted molar refractivity (Wildman–Crippen MR) is 43.8 cm³/mol. The molecule has 0 amide bonds. The fraction of sp³-hybridized carbons (Fsp3) is 0.222. The Morgan fingerprint density at radius 2 is 2.31 bits per heavy atom. The van der Waals surface area contributed by atoms with E-state index in [0.29, 0.717) is 11.3 Å². The lowest BCUT2D eigenvalue weighted by Gasteiger charge is -2.04. The summed E-state index contributed by atoms with van der Waals surface area (Å²) in [4.78, 5) is 11.1. The maximum Gasteiger partial charge on any atom is 0.342 e. The Morgan fingerprint density at radius 3 is 3.00 bits per heavy atom. The Kier molecular flexibility index (Phi) is 1.62. The minimum Gasteiger partial charge on any atom is -0.507 e. The number of ether oxygens (including phenoxy) is 2. The molecule has 68 valence electrons. The summed E-state index contributed by atoms with van der Waals surface area (Å²) in [7, 11) is 1.51. The first-order valence-corrected chi connectivity index (χ1v) is 3.80. The van der Waals surface area contributed by atoms with Gasteiger partial charge in [0.15, 0.2) is 0 Å². The van der Waals surface area contributed by atoms with Gasteiger partial charge in [-0.3, -0.25) is 0 Å². The molecule has 0 bridgehead atoms. The molecule has 1 heterocycles. The monoisotopic (exact) mass is 180 g/mol. The van der Waals surface area contributed by atoms with Crippen molar-refractivity contribution >= 4 is 5.97 Å². The van der Waals surface area contributed by atoms with E-state index in [9.17, 15) is 9.90 Å². The molecule has 0 aliphatic carbocycles. The van der Waals surface area contributed by atoms with E-state index in [0.717, 1.165) is 0 Å². The first kappa shape index (κ1) is 7.91. The lowest BCUT2D eigenvalue weighted by Crippen LogP contribution is -1.95. The number of carbonyl (C=O) groups is 1. The van der Waals surface area contributed by atoms with Crippen LogP contribution >= 0.6 is 0 Å². The van der Waals surface area contributed by atoms with E-state index in [4.69, 9.17) is 9.47 Å². The molecule has 1 N–H and O–H groups in total. The summed E-state index contributed by atoms with van der Waals surface area (Å²) in [6.45, 7) is 0.172. The van der Waals surface area contributed by atoms with Gasteiger partial charge in [0.1, 0.15) is 23.7 Å². The van der Waals surface area contributed by atoms with Crippen LogP contribution < -0.4 is 4.74 Å². The van der Waals surface area contributed by atoms with Crippen LogP contribution in [0.1, 0.15) is 15.9 Å². The number of rotatable bonds is 1. The Balaban J connectivity index is 2.65. The maximum absolute atomic E-state index is 11.1. The number of hydrogen-bond donors (Lipinski definition) is 1. The number of aromatic hydroxyl groups is 1. The Labute approximate surface area is 74.7 Å². The number of phenolic OH excluding ortho intramolecular Hbond substituents is 1. The quantitative estimate of drug-likeness (QED) is 0.657. The molecule has 2 rings (SSSR count). The second kappa shape index (κ2) is 2.65. The molecule has 4 nitrogen and oxygen atoms in total. The van der Waals surface area contributed by atoms with Gasteiger partial charge in [0, 0.05) is 5.56 Å². The first-order chi connectivity index (χ1) is 6.24. The molecule has 0 saturated carbocycles. The van der Waals surface area contributed by atoms with Gasteiger partial charge in [-0.15, -0.1) is 0 Å². The highest BCUT2D eigenvalue weighted by molar-refractivity contribution is 5.97. The van der Waals surface area contributed by atoms with Crippen LogP contribution in [-0.4, -0.2) is 18.2 Å². The zero-order chi connectivity index (χ0) is 9.42. The van der Waals surface area contributed by atoms with Crippen LogP contribution in [0.4, 0.5) is 0 Å². The van der Waals surface area contributed by atoms with Gasteiger partial charge < -0.3 is 14.6 Å². The molecule has 0 saturated heterocycles. The van der Waals surface area contributed by atoms with Crippen molar-refractivity contribution in [3.05, 3.63) is 23.3 Å². The maximum atomic E-state index is 11.1. The molecule has 0 radical (unpaired) electrons. The van der Waals surface area contributed by atoms with Gasteiger partial charge >= 0.3 is 5.97 Å². The predicted octanol–water partition coefficient (Wildman–Crippen LogP) is 1.07. The van der Waals surface area contributed by atoms with Gasteiger partial charge in [0.25, 0.3) is 0 Å². The number of cyclic esters (lactones) is 1. The van der Waals surface area contributed by atoms with Gasteiger partial charge in [-0.05, 0) is 12.1 Å². The van der Waals surface area contributed by atoms with E-state index in [2.05, 4.69) is 0 Å². The molecule has 0 fully saturated rings. The lowest BCUT2D eigenvalue weighted by atomic mass is 10.1. The molecule has 0 spiro atoms. The van der Waals surface area contributed by atoms with Gasteiger partial charge in [-0.25, -0.2) is 4.79 Å². The highest BCUT2D eigenvalue weighted by Gasteiger charge is 2.27. The van der Waals surface area contributed by atoms with Gasteiger partial charge in [-0.2, -0.15) is 0 Å². The molecule has 13 heavy (non-hydrogen) atoms. The molecule has 1 aliphatic heterocycles. The lowest BCUT2D eigenvalue weighted by molar-refractivity contribution is 0.0532. The van der Waals surface area contributed by atoms with E-state index >= 15 is 0 Å². The number of carbonyl (C=O) groups excluding carboxylic acids is 1. The summed E-state index contributed by atoms with van der Waals surface area (Å²) in [5.74, 6) is 0.0170. The Morgan fingerprint density at radius 1 is 1.54 bits per heavy atom. The molecule has 1 aromatic carbocycles. The highest BCUT2D eigenvalue weighted by atomic mass is 16.5. The summed E-state index contributed by atoms with van der Waals surface area (Å²) in [6.07, 6.45) is 0. The second-order valence-electron chi connectivity index (χ2n) is 2.72. The smallest absolute Gasteiger partial charge is 0.342 e. The summed E-state index contributed by atoms with van der Waals surface area (Å²) in [5, 5.41) is 9.37. The van der Waals surface area contributed by atoms with E-state index in [1.807, 2.05) is 0 Å². The SMILES string of the molecule is COc1ccc(O)c2c1COC2=O. The van der Waals surface area contributed by atoms with Crippen LogP contribution in [0.5, 0.6) is 11.5 Å². The number of hydrogen-bond acceptors (Lipinski definition) is 4. The van der Waals surface area contributed by atoms with Crippen molar-refractivity contribution in [2.24, 2.45) is 0 Å². The molecule has 4 heteroatoms. The molecule has 0 aromatic heterocycles. The molecule has 0 unspecified atom stereocenters. The zero-order valence-electron chi connectivity index (χ0n) is 7.03. The summed E-state index contributed by atoms with van der Waals surface area (Å²) in [6, 6.07) is 3.03. The Hall–Kier alpha value is -1.71. The van der Waals surface area contributed by atoms with Crippen LogP contribution in [0, 0.1) is 0 Å². The standard InChI is InChI=1S/C9H8O4/c1-12-7-3-2-6(10)8-5(7)4-13-9(8)11/h2-3,10H,4H2,1H3. The van der Waals surface area contributed by atoms with Crippen molar-refractivity contribution in [2.75, 3.05) is 7.11 Å². The Bertz CT molecular complexity index is 370. The van der Waals surface area contributed by atoms with Crippen molar-refractivity contribution in [3.63, 3.8) is 0 Å². The van der Waals surface area contributed by atoms with E-state index in [1.54, 1.807) is 6.07 Å². The van der Waals surface area contributed by atoms with E-state index in [1.165, 1.54) is 13.2 Å². The second-order valence-corrected chi connectivity index (χ2v) is 2.72. The van der Waals surface area contributed by atoms with Crippen LogP contribution in [0.15, 0.2) is 12.1 Å². The van der Waals surface area contributed by atoms with Gasteiger partial charge in [-0.1, -0.05) is 0 Å². The van der Waals surface area contributed by atoms with Crippen molar-refractivity contribution in [3.8, 4) is 11.5 Å².